The van der Waals surface area contributed by atoms with E-state index in [0.717, 1.165) is 22.5 Å². The molecular formula is C15H16N4O2. The number of fused-ring (bicyclic) bond motifs is 1. The Labute approximate surface area is 121 Å². The molecular weight excluding hydrogens is 268 g/mol. The fourth-order valence-electron chi connectivity index (χ4n) is 2.36. The summed E-state index contributed by atoms with van der Waals surface area (Å²) in [5.41, 5.74) is 3.81. The molecule has 0 saturated carbocycles. The van der Waals surface area contributed by atoms with Gasteiger partial charge in [0.25, 0.3) is 0 Å². The van der Waals surface area contributed by atoms with Gasteiger partial charge in [-0.05, 0) is 26.0 Å². The minimum atomic E-state index is -0.131. The van der Waals surface area contributed by atoms with Crippen LogP contribution < -0.4 is 5.32 Å². The van der Waals surface area contributed by atoms with Crippen LogP contribution in [0.4, 0.5) is 5.69 Å². The van der Waals surface area contributed by atoms with E-state index in [9.17, 15) is 4.79 Å². The maximum atomic E-state index is 12.2. The van der Waals surface area contributed by atoms with E-state index < -0.39 is 0 Å². The zero-order chi connectivity index (χ0) is 15.0. The van der Waals surface area contributed by atoms with E-state index in [1.165, 1.54) is 0 Å². The number of carbonyl (C=O) groups excluding carboxylic acids is 1. The van der Waals surface area contributed by atoms with Gasteiger partial charge in [0, 0.05) is 12.4 Å². The van der Waals surface area contributed by atoms with Crippen LogP contribution in [0.3, 0.4) is 0 Å². The Hall–Kier alpha value is -2.63. The summed E-state index contributed by atoms with van der Waals surface area (Å²) in [6.07, 6.45) is 0.171. The van der Waals surface area contributed by atoms with Crippen LogP contribution in [0.1, 0.15) is 17.1 Å². The summed E-state index contributed by atoms with van der Waals surface area (Å²) in [5, 5.41) is 12.0. The topological polar surface area (TPSA) is 73.0 Å². The third kappa shape index (κ3) is 2.40. The Morgan fingerprint density at radius 3 is 2.81 bits per heavy atom. The van der Waals surface area contributed by atoms with Crippen LogP contribution in [0.25, 0.3) is 11.0 Å². The van der Waals surface area contributed by atoms with Crippen molar-refractivity contribution in [1.29, 1.82) is 0 Å². The highest BCUT2D eigenvalue weighted by molar-refractivity contribution is 5.95. The molecule has 0 bridgehead atoms. The maximum absolute atomic E-state index is 12.2. The average molecular weight is 284 g/mol. The van der Waals surface area contributed by atoms with Gasteiger partial charge in [0.2, 0.25) is 5.91 Å². The summed E-state index contributed by atoms with van der Waals surface area (Å²) in [7, 11) is 1.85. The summed E-state index contributed by atoms with van der Waals surface area (Å²) in [6, 6.07) is 7.50. The quantitative estimate of drug-likeness (QED) is 0.801. The number of hydrogen-bond donors (Lipinski definition) is 1. The van der Waals surface area contributed by atoms with Gasteiger partial charge < -0.3 is 9.84 Å². The second-order valence-corrected chi connectivity index (χ2v) is 5.02. The van der Waals surface area contributed by atoms with Crippen LogP contribution in [-0.2, 0) is 18.3 Å². The normalized spacial score (nSPS) is 11.0. The second-order valence-electron chi connectivity index (χ2n) is 5.02. The Bertz CT molecular complexity index is 816. The fraction of sp³-hybridized carbons (Fsp3) is 0.267. The van der Waals surface area contributed by atoms with Gasteiger partial charge in [0.1, 0.15) is 5.69 Å². The highest BCUT2D eigenvalue weighted by atomic mass is 16.5. The molecule has 6 nitrogen and oxygen atoms in total. The van der Waals surface area contributed by atoms with Gasteiger partial charge in [0.15, 0.2) is 5.58 Å². The monoisotopic (exact) mass is 284 g/mol. The number of hydrogen-bond acceptors (Lipinski definition) is 4. The molecule has 1 aromatic carbocycles. The molecule has 0 aliphatic rings. The molecule has 0 aliphatic carbocycles. The van der Waals surface area contributed by atoms with Crippen LogP contribution in [0.15, 0.2) is 28.8 Å². The van der Waals surface area contributed by atoms with Crippen molar-refractivity contribution in [3.63, 3.8) is 0 Å². The predicted octanol–water partition coefficient (Wildman–Crippen LogP) is 2.36. The minimum absolute atomic E-state index is 0.131. The van der Waals surface area contributed by atoms with Crippen molar-refractivity contribution >= 4 is 22.6 Å². The lowest BCUT2D eigenvalue weighted by Crippen LogP contribution is -2.15. The molecule has 2 aromatic heterocycles. The highest BCUT2D eigenvalue weighted by Gasteiger charge is 2.15. The summed E-state index contributed by atoms with van der Waals surface area (Å²) in [5.74, 6) is -0.131. The molecule has 0 radical (unpaired) electrons. The van der Waals surface area contributed by atoms with Crippen molar-refractivity contribution < 1.29 is 9.32 Å². The lowest BCUT2D eigenvalue weighted by molar-refractivity contribution is -0.115. The number of nitrogens with zero attached hydrogens (tertiary/aromatic N) is 3. The first-order chi connectivity index (χ1) is 10.1. The molecule has 0 atom stereocenters. The molecule has 21 heavy (non-hydrogen) atoms. The highest BCUT2D eigenvalue weighted by Crippen LogP contribution is 2.21. The molecule has 3 aromatic rings. The van der Waals surface area contributed by atoms with Crippen molar-refractivity contribution in [3.05, 3.63) is 41.3 Å². The standard InChI is InChI=1S/C15H16N4O2/c1-9-15(10(2)19(3)17-9)16-14(20)8-12-11-6-4-5-7-13(11)21-18-12/h4-7H,8H2,1-3H3,(H,16,20). The fourth-order valence-corrected chi connectivity index (χ4v) is 2.36. The Kier molecular flexibility index (Phi) is 3.21. The van der Waals surface area contributed by atoms with Crippen molar-refractivity contribution in [1.82, 2.24) is 14.9 Å². The largest absolute Gasteiger partial charge is 0.356 e. The minimum Gasteiger partial charge on any atom is -0.356 e. The van der Waals surface area contributed by atoms with E-state index in [1.54, 1.807) is 4.68 Å². The molecule has 0 saturated heterocycles. The van der Waals surface area contributed by atoms with E-state index in [4.69, 9.17) is 4.52 Å². The number of para-hydroxylation sites is 1. The van der Waals surface area contributed by atoms with Crippen molar-refractivity contribution in [3.8, 4) is 0 Å². The summed E-state index contributed by atoms with van der Waals surface area (Å²) in [4.78, 5) is 12.2. The summed E-state index contributed by atoms with van der Waals surface area (Å²) in [6.45, 7) is 3.79. The Balaban J connectivity index is 1.81. The smallest absolute Gasteiger partial charge is 0.230 e. The molecule has 3 rings (SSSR count). The third-order valence-corrected chi connectivity index (χ3v) is 3.55. The number of anilines is 1. The molecule has 1 N–H and O–H groups in total. The molecule has 6 heteroatoms. The van der Waals surface area contributed by atoms with Crippen LogP contribution in [0.5, 0.6) is 0 Å². The lowest BCUT2D eigenvalue weighted by atomic mass is 10.1. The van der Waals surface area contributed by atoms with Crippen LogP contribution in [0.2, 0.25) is 0 Å². The molecule has 0 aliphatic heterocycles. The average Bonchev–Trinajstić information content (AvgIpc) is 2.96. The van der Waals surface area contributed by atoms with Crippen molar-refractivity contribution in [2.75, 3.05) is 5.32 Å². The van der Waals surface area contributed by atoms with E-state index in [2.05, 4.69) is 15.6 Å². The van der Waals surface area contributed by atoms with Gasteiger partial charge in [-0.15, -0.1) is 0 Å². The van der Waals surface area contributed by atoms with Gasteiger partial charge in [-0.2, -0.15) is 5.10 Å². The third-order valence-electron chi connectivity index (χ3n) is 3.55. The second kappa shape index (κ2) is 5.05. The predicted molar refractivity (Wildman–Crippen MR) is 79.0 cm³/mol. The number of benzene rings is 1. The first kappa shape index (κ1) is 13.4. The molecule has 108 valence electrons. The van der Waals surface area contributed by atoms with Crippen LogP contribution >= 0.6 is 0 Å². The molecule has 0 spiro atoms. The summed E-state index contributed by atoms with van der Waals surface area (Å²) >= 11 is 0. The van der Waals surface area contributed by atoms with E-state index >= 15 is 0 Å². The number of carbonyl (C=O) groups is 1. The van der Waals surface area contributed by atoms with Crippen molar-refractivity contribution in [2.24, 2.45) is 7.05 Å². The zero-order valence-corrected chi connectivity index (χ0v) is 12.2. The van der Waals surface area contributed by atoms with E-state index in [1.807, 2.05) is 45.2 Å². The van der Waals surface area contributed by atoms with Gasteiger partial charge in [-0.1, -0.05) is 17.3 Å². The molecule has 2 heterocycles. The summed E-state index contributed by atoms with van der Waals surface area (Å²) < 4.78 is 6.95. The zero-order valence-electron chi connectivity index (χ0n) is 12.2. The van der Waals surface area contributed by atoms with Crippen LogP contribution in [-0.4, -0.2) is 20.8 Å². The van der Waals surface area contributed by atoms with Crippen molar-refractivity contribution in [2.45, 2.75) is 20.3 Å². The van der Waals surface area contributed by atoms with Gasteiger partial charge in [-0.25, -0.2) is 0 Å². The molecule has 0 unspecified atom stereocenters. The lowest BCUT2D eigenvalue weighted by Gasteiger charge is -2.04. The van der Waals surface area contributed by atoms with Gasteiger partial charge >= 0.3 is 0 Å². The van der Waals surface area contributed by atoms with Gasteiger partial charge in [0.05, 0.1) is 23.5 Å². The van der Waals surface area contributed by atoms with E-state index in [-0.39, 0.29) is 12.3 Å². The Morgan fingerprint density at radius 2 is 2.10 bits per heavy atom. The first-order valence-corrected chi connectivity index (χ1v) is 6.69. The SMILES string of the molecule is Cc1nn(C)c(C)c1NC(=O)Cc1noc2ccccc12. The Morgan fingerprint density at radius 1 is 1.33 bits per heavy atom. The number of rotatable bonds is 3. The number of amides is 1. The number of aromatic nitrogens is 3. The maximum Gasteiger partial charge on any atom is 0.230 e. The number of nitrogens with one attached hydrogen (secondary N) is 1. The first-order valence-electron chi connectivity index (χ1n) is 6.69. The van der Waals surface area contributed by atoms with Crippen LogP contribution in [0, 0.1) is 13.8 Å². The number of aryl methyl sites for hydroxylation is 2. The van der Waals surface area contributed by atoms with E-state index in [0.29, 0.717) is 11.3 Å². The molecule has 0 fully saturated rings. The van der Waals surface area contributed by atoms with Gasteiger partial charge in [-0.3, -0.25) is 9.48 Å². The molecule has 1 amide bonds.